The summed E-state index contributed by atoms with van der Waals surface area (Å²) in [6.07, 6.45) is 5.88. The Morgan fingerprint density at radius 2 is 2.13 bits per heavy atom. The fraction of sp³-hybridized carbons (Fsp3) is 0.200. The predicted octanol–water partition coefficient (Wildman–Crippen LogP) is 1.08. The lowest BCUT2D eigenvalue weighted by Gasteiger charge is -2.21. The number of hydrogen-bond donors (Lipinski definition) is 2. The van der Waals surface area contributed by atoms with Gasteiger partial charge in [0, 0.05) is 26.0 Å². The average molecular weight is 312 g/mol. The number of carboxylic acids is 1. The first-order chi connectivity index (χ1) is 11.0. The van der Waals surface area contributed by atoms with Gasteiger partial charge in [0.1, 0.15) is 0 Å². The number of nitrogen functional groups attached to an aromatic ring is 1. The number of aromatic nitrogens is 4. The molecule has 0 fully saturated rings. The maximum Gasteiger partial charge on any atom is 0.338 e. The number of pyridine rings is 2. The minimum Gasteiger partial charge on any atom is -0.478 e. The highest BCUT2D eigenvalue weighted by Gasteiger charge is 2.17. The standard InChI is InChI=1S/C15H16N6O2/c1-20(7-4-10-2-5-17-6-3-10)12-9-21-13(18-15(16)19-21)8-11(12)14(22)23/h2-3,5-6,8-9H,4,7H2,1H3,(H2,16,19)(H,22,23). The molecule has 0 aliphatic carbocycles. The molecule has 0 saturated carbocycles. The summed E-state index contributed by atoms with van der Waals surface area (Å²) in [5, 5.41) is 13.5. The number of nitrogens with two attached hydrogens (primary N) is 1. The van der Waals surface area contributed by atoms with Crippen molar-refractivity contribution in [1.82, 2.24) is 19.6 Å². The van der Waals surface area contributed by atoms with Crippen molar-refractivity contribution in [1.29, 1.82) is 0 Å². The fourth-order valence-corrected chi connectivity index (χ4v) is 2.38. The minimum atomic E-state index is -1.01. The Kier molecular flexibility index (Phi) is 3.80. The summed E-state index contributed by atoms with van der Waals surface area (Å²) in [6.45, 7) is 0.653. The molecule has 118 valence electrons. The molecule has 0 aromatic carbocycles. The number of carboxylic acid groups (broad SMARTS) is 1. The van der Waals surface area contributed by atoms with Crippen molar-refractivity contribution in [2.45, 2.75) is 6.42 Å². The van der Waals surface area contributed by atoms with E-state index in [1.807, 2.05) is 24.1 Å². The number of nitrogens with zero attached hydrogens (tertiary/aromatic N) is 5. The lowest BCUT2D eigenvalue weighted by molar-refractivity contribution is 0.0697. The first-order valence-corrected chi connectivity index (χ1v) is 7.04. The number of fused-ring (bicyclic) bond motifs is 1. The van der Waals surface area contributed by atoms with Crippen molar-refractivity contribution in [3.63, 3.8) is 0 Å². The van der Waals surface area contributed by atoms with Crippen LogP contribution in [0.5, 0.6) is 0 Å². The Morgan fingerprint density at radius 1 is 1.39 bits per heavy atom. The zero-order valence-corrected chi connectivity index (χ0v) is 12.5. The van der Waals surface area contributed by atoms with Crippen LogP contribution in [-0.2, 0) is 6.42 Å². The molecule has 3 N–H and O–H groups in total. The van der Waals surface area contributed by atoms with Crippen molar-refractivity contribution in [2.75, 3.05) is 24.2 Å². The molecule has 0 amide bonds. The third-order valence-electron chi connectivity index (χ3n) is 3.59. The van der Waals surface area contributed by atoms with E-state index in [1.165, 1.54) is 10.6 Å². The van der Waals surface area contributed by atoms with E-state index in [4.69, 9.17) is 5.73 Å². The van der Waals surface area contributed by atoms with Gasteiger partial charge in [0.15, 0.2) is 5.65 Å². The normalized spacial score (nSPS) is 10.8. The molecule has 23 heavy (non-hydrogen) atoms. The maximum atomic E-state index is 11.5. The van der Waals surface area contributed by atoms with Crippen molar-refractivity contribution in [3.05, 3.63) is 47.9 Å². The number of carbonyl (C=O) groups is 1. The number of aromatic carboxylic acids is 1. The zero-order valence-electron chi connectivity index (χ0n) is 12.5. The van der Waals surface area contributed by atoms with Crippen LogP contribution in [0, 0.1) is 0 Å². The third kappa shape index (κ3) is 3.05. The molecule has 0 aliphatic rings. The molecule has 3 aromatic rings. The molecule has 3 rings (SSSR count). The Hall–Kier alpha value is -3.16. The van der Waals surface area contributed by atoms with Gasteiger partial charge in [0.05, 0.1) is 17.4 Å². The Morgan fingerprint density at radius 3 is 2.83 bits per heavy atom. The Balaban J connectivity index is 1.90. The molecule has 8 heteroatoms. The number of likely N-dealkylation sites (N-methyl/N-ethyl adjacent to an activating group) is 1. The minimum absolute atomic E-state index is 0.109. The Bertz CT molecular complexity index is 846. The largest absolute Gasteiger partial charge is 0.478 e. The molecule has 0 bridgehead atoms. The van der Waals surface area contributed by atoms with Gasteiger partial charge in [0.2, 0.25) is 5.95 Å². The first kappa shape index (κ1) is 14.8. The zero-order chi connectivity index (χ0) is 16.4. The highest BCUT2D eigenvalue weighted by atomic mass is 16.4. The van der Waals surface area contributed by atoms with Gasteiger partial charge in [-0.25, -0.2) is 9.31 Å². The monoisotopic (exact) mass is 312 g/mol. The molecule has 8 nitrogen and oxygen atoms in total. The summed E-state index contributed by atoms with van der Waals surface area (Å²) in [7, 11) is 1.84. The SMILES string of the molecule is CN(CCc1ccncc1)c1cn2nc(N)nc2cc1C(=O)O. The van der Waals surface area contributed by atoms with E-state index in [-0.39, 0.29) is 11.5 Å². The van der Waals surface area contributed by atoms with Crippen LogP contribution in [0.15, 0.2) is 36.8 Å². The quantitative estimate of drug-likeness (QED) is 0.725. The van der Waals surface area contributed by atoms with E-state index in [9.17, 15) is 9.90 Å². The van der Waals surface area contributed by atoms with Gasteiger partial charge in [-0.05, 0) is 30.2 Å². The average Bonchev–Trinajstić information content (AvgIpc) is 2.91. The second kappa shape index (κ2) is 5.91. The topological polar surface area (TPSA) is 110 Å². The van der Waals surface area contributed by atoms with Crippen LogP contribution in [-0.4, -0.2) is 44.3 Å². The summed E-state index contributed by atoms with van der Waals surface area (Å²) in [5.74, 6) is -0.905. The number of hydrogen-bond acceptors (Lipinski definition) is 6. The van der Waals surface area contributed by atoms with Crippen molar-refractivity contribution < 1.29 is 9.90 Å². The fourth-order valence-electron chi connectivity index (χ4n) is 2.38. The van der Waals surface area contributed by atoms with Crippen molar-refractivity contribution in [3.8, 4) is 0 Å². The maximum absolute atomic E-state index is 11.5. The second-order valence-corrected chi connectivity index (χ2v) is 5.18. The van der Waals surface area contributed by atoms with Gasteiger partial charge in [-0.1, -0.05) is 0 Å². The van der Waals surface area contributed by atoms with Crippen molar-refractivity contribution in [2.24, 2.45) is 0 Å². The highest BCUT2D eigenvalue weighted by Crippen LogP contribution is 2.22. The van der Waals surface area contributed by atoms with E-state index >= 15 is 0 Å². The molecule has 3 aromatic heterocycles. The van der Waals surface area contributed by atoms with Crippen LogP contribution in [0.3, 0.4) is 0 Å². The lowest BCUT2D eigenvalue weighted by atomic mass is 10.1. The van der Waals surface area contributed by atoms with Gasteiger partial charge in [-0.15, -0.1) is 5.10 Å². The lowest BCUT2D eigenvalue weighted by Crippen LogP contribution is -2.23. The molecular formula is C15H16N6O2. The summed E-state index contributed by atoms with van der Waals surface area (Å²) in [4.78, 5) is 21.4. The molecule has 0 unspecified atom stereocenters. The molecule has 0 atom stereocenters. The summed E-state index contributed by atoms with van der Waals surface area (Å²) in [5.41, 5.74) is 7.84. The second-order valence-electron chi connectivity index (χ2n) is 5.18. The van der Waals surface area contributed by atoms with Crippen LogP contribution < -0.4 is 10.6 Å². The van der Waals surface area contributed by atoms with Gasteiger partial charge < -0.3 is 15.7 Å². The van der Waals surface area contributed by atoms with Crippen molar-refractivity contribution >= 4 is 23.3 Å². The third-order valence-corrected chi connectivity index (χ3v) is 3.59. The van der Waals surface area contributed by atoms with Gasteiger partial charge >= 0.3 is 5.97 Å². The summed E-state index contributed by atoms with van der Waals surface area (Å²) < 4.78 is 1.49. The molecule has 0 aliphatic heterocycles. The first-order valence-electron chi connectivity index (χ1n) is 7.04. The van der Waals surface area contributed by atoms with E-state index in [2.05, 4.69) is 15.1 Å². The van der Waals surface area contributed by atoms with Gasteiger partial charge in [-0.3, -0.25) is 4.98 Å². The summed E-state index contributed by atoms with van der Waals surface area (Å²) in [6, 6.07) is 5.35. The molecule has 0 radical (unpaired) electrons. The van der Waals surface area contributed by atoms with Crippen LogP contribution in [0.25, 0.3) is 5.65 Å². The Labute approximate surface area is 132 Å². The molecular weight excluding hydrogens is 296 g/mol. The van der Waals surface area contributed by atoms with Crippen LogP contribution >= 0.6 is 0 Å². The molecule has 0 saturated heterocycles. The highest BCUT2D eigenvalue weighted by molar-refractivity contribution is 5.95. The molecule has 3 heterocycles. The number of rotatable bonds is 5. The predicted molar refractivity (Wildman–Crippen MR) is 85.6 cm³/mol. The van der Waals surface area contributed by atoms with Gasteiger partial charge in [-0.2, -0.15) is 4.98 Å². The van der Waals surface area contributed by atoms with E-state index in [1.54, 1.807) is 18.6 Å². The van der Waals surface area contributed by atoms with Crippen LogP contribution in [0.1, 0.15) is 15.9 Å². The smallest absolute Gasteiger partial charge is 0.338 e. The summed E-state index contributed by atoms with van der Waals surface area (Å²) >= 11 is 0. The number of anilines is 2. The molecule has 0 spiro atoms. The van der Waals surface area contributed by atoms with E-state index in [0.29, 0.717) is 17.9 Å². The van der Waals surface area contributed by atoms with E-state index in [0.717, 1.165) is 12.0 Å². The van der Waals surface area contributed by atoms with Gasteiger partial charge in [0.25, 0.3) is 0 Å². The van der Waals surface area contributed by atoms with Crippen LogP contribution in [0.4, 0.5) is 11.6 Å². The van der Waals surface area contributed by atoms with E-state index < -0.39 is 5.97 Å². The van der Waals surface area contributed by atoms with Crippen LogP contribution in [0.2, 0.25) is 0 Å².